The summed E-state index contributed by atoms with van der Waals surface area (Å²) >= 11 is 0. The summed E-state index contributed by atoms with van der Waals surface area (Å²) in [6.07, 6.45) is 1.77. The van der Waals surface area contributed by atoms with Crippen LogP contribution in [0.25, 0.3) is 0 Å². The number of hydrogen-bond acceptors (Lipinski definition) is 5. The largest absolute Gasteiger partial charge is 0.464 e. The molecule has 5 heteroatoms. The van der Waals surface area contributed by atoms with E-state index in [2.05, 4.69) is 12.2 Å². The zero-order chi connectivity index (χ0) is 12.5. The van der Waals surface area contributed by atoms with Gasteiger partial charge in [0, 0.05) is 20.1 Å². The van der Waals surface area contributed by atoms with Crippen LogP contribution in [0.4, 0.5) is 0 Å². The first-order chi connectivity index (χ1) is 8.25. The second-order valence-electron chi connectivity index (χ2n) is 4.32. The van der Waals surface area contributed by atoms with Crippen molar-refractivity contribution in [3.63, 3.8) is 0 Å². The van der Waals surface area contributed by atoms with Crippen molar-refractivity contribution in [3.8, 4) is 0 Å². The SMILES string of the molecule is COCCOCCCOC(=O)C1NCCC1C. The molecule has 17 heavy (non-hydrogen) atoms. The Bertz CT molecular complexity index is 223. The van der Waals surface area contributed by atoms with Crippen molar-refractivity contribution in [2.75, 3.05) is 40.1 Å². The van der Waals surface area contributed by atoms with Crippen molar-refractivity contribution < 1.29 is 19.0 Å². The Labute approximate surface area is 103 Å². The van der Waals surface area contributed by atoms with Gasteiger partial charge in [0.25, 0.3) is 0 Å². The predicted octanol–water partition coefficient (Wildman–Crippen LogP) is 0.581. The van der Waals surface area contributed by atoms with Crippen LogP contribution in [0.3, 0.4) is 0 Å². The lowest BCUT2D eigenvalue weighted by Gasteiger charge is -2.14. The molecule has 0 aliphatic carbocycles. The molecule has 0 bridgehead atoms. The highest BCUT2D eigenvalue weighted by Crippen LogP contribution is 2.15. The van der Waals surface area contributed by atoms with E-state index in [0.29, 0.717) is 32.3 Å². The molecule has 100 valence electrons. The van der Waals surface area contributed by atoms with Gasteiger partial charge in [-0.25, -0.2) is 0 Å². The molecule has 0 saturated carbocycles. The topological polar surface area (TPSA) is 56.8 Å². The van der Waals surface area contributed by atoms with E-state index >= 15 is 0 Å². The Morgan fingerprint density at radius 1 is 1.29 bits per heavy atom. The van der Waals surface area contributed by atoms with Gasteiger partial charge in [-0.2, -0.15) is 0 Å². The molecule has 0 spiro atoms. The smallest absolute Gasteiger partial charge is 0.323 e. The van der Waals surface area contributed by atoms with Gasteiger partial charge in [0.1, 0.15) is 6.04 Å². The number of rotatable bonds is 8. The summed E-state index contributed by atoms with van der Waals surface area (Å²) in [6, 6.07) is -0.121. The third kappa shape index (κ3) is 5.48. The van der Waals surface area contributed by atoms with Crippen LogP contribution < -0.4 is 5.32 Å². The number of nitrogens with one attached hydrogen (secondary N) is 1. The summed E-state index contributed by atoms with van der Waals surface area (Å²) in [6.45, 7) is 5.19. The first kappa shape index (κ1) is 14.4. The minimum atomic E-state index is -0.133. The van der Waals surface area contributed by atoms with Gasteiger partial charge in [-0.1, -0.05) is 6.92 Å². The average molecular weight is 245 g/mol. The molecule has 0 radical (unpaired) electrons. The molecular weight excluding hydrogens is 222 g/mol. The van der Waals surface area contributed by atoms with E-state index < -0.39 is 0 Å². The quantitative estimate of drug-likeness (QED) is 0.501. The fourth-order valence-corrected chi connectivity index (χ4v) is 1.82. The highest BCUT2D eigenvalue weighted by molar-refractivity contribution is 5.76. The molecule has 1 saturated heterocycles. The van der Waals surface area contributed by atoms with Gasteiger partial charge in [-0.3, -0.25) is 4.79 Å². The monoisotopic (exact) mass is 245 g/mol. The van der Waals surface area contributed by atoms with Crippen molar-refractivity contribution in [2.45, 2.75) is 25.8 Å². The van der Waals surface area contributed by atoms with Gasteiger partial charge < -0.3 is 19.5 Å². The van der Waals surface area contributed by atoms with E-state index in [1.165, 1.54) is 0 Å². The van der Waals surface area contributed by atoms with Crippen LogP contribution in [0.5, 0.6) is 0 Å². The molecule has 0 aromatic heterocycles. The Morgan fingerprint density at radius 3 is 2.76 bits per heavy atom. The van der Waals surface area contributed by atoms with Crippen LogP contribution in [0.1, 0.15) is 19.8 Å². The zero-order valence-electron chi connectivity index (χ0n) is 10.7. The molecule has 1 N–H and O–H groups in total. The number of carbonyl (C=O) groups excluding carboxylic acids is 1. The predicted molar refractivity (Wildman–Crippen MR) is 63.8 cm³/mol. The van der Waals surface area contributed by atoms with Gasteiger partial charge in [-0.05, 0) is 18.9 Å². The molecule has 1 fully saturated rings. The molecule has 2 unspecified atom stereocenters. The molecule has 5 nitrogen and oxygen atoms in total. The summed E-state index contributed by atoms with van der Waals surface area (Å²) in [5.41, 5.74) is 0. The molecule has 2 atom stereocenters. The van der Waals surface area contributed by atoms with E-state index in [-0.39, 0.29) is 12.0 Å². The number of carbonyl (C=O) groups is 1. The first-order valence-electron chi connectivity index (χ1n) is 6.22. The zero-order valence-corrected chi connectivity index (χ0v) is 10.7. The van der Waals surface area contributed by atoms with Crippen LogP contribution in [0, 0.1) is 5.92 Å². The fraction of sp³-hybridized carbons (Fsp3) is 0.917. The fourth-order valence-electron chi connectivity index (χ4n) is 1.82. The second kappa shape index (κ2) is 8.44. The maximum absolute atomic E-state index is 11.6. The molecule has 0 amide bonds. The van der Waals surface area contributed by atoms with E-state index in [4.69, 9.17) is 14.2 Å². The van der Waals surface area contributed by atoms with Gasteiger partial charge in [0.05, 0.1) is 19.8 Å². The number of methoxy groups -OCH3 is 1. The van der Waals surface area contributed by atoms with E-state index in [1.54, 1.807) is 7.11 Å². The summed E-state index contributed by atoms with van der Waals surface area (Å²) in [5, 5.41) is 3.15. The van der Waals surface area contributed by atoms with Crippen LogP contribution in [-0.4, -0.2) is 52.1 Å². The third-order valence-electron chi connectivity index (χ3n) is 2.90. The van der Waals surface area contributed by atoms with Gasteiger partial charge >= 0.3 is 5.97 Å². The van der Waals surface area contributed by atoms with Crippen molar-refractivity contribution in [1.82, 2.24) is 5.32 Å². The Kier molecular flexibility index (Phi) is 7.16. The molecule has 1 rings (SSSR count). The standard InChI is InChI=1S/C12H23NO4/c1-10-4-5-13-11(10)12(14)17-7-3-6-16-9-8-15-2/h10-11,13H,3-9H2,1-2H3. The lowest BCUT2D eigenvalue weighted by Crippen LogP contribution is -2.36. The van der Waals surface area contributed by atoms with Crippen LogP contribution in [0.2, 0.25) is 0 Å². The molecule has 0 aromatic rings. The minimum Gasteiger partial charge on any atom is -0.464 e. The molecule has 1 aliphatic heterocycles. The van der Waals surface area contributed by atoms with Gasteiger partial charge in [0.2, 0.25) is 0 Å². The Hall–Kier alpha value is -0.650. The number of esters is 1. The van der Waals surface area contributed by atoms with Crippen LogP contribution >= 0.6 is 0 Å². The summed E-state index contributed by atoms with van der Waals surface area (Å²) < 4.78 is 15.3. The van der Waals surface area contributed by atoms with Crippen molar-refractivity contribution >= 4 is 5.97 Å². The normalized spacial score (nSPS) is 23.9. The second-order valence-corrected chi connectivity index (χ2v) is 4.32. The van der Waals surface area contributed by atoms with Crippen LogP contribution in [0.15, 0.2) is 0 Å². The van der Waals surface area contributed by atoms with Crippen molar-refractivity contribution in [1.29, 1.82) is 0 Å². The molecule has 1 heterocycles. The van der Waals surface area contributed by atoms with E-state index in [0.717, 1.165) is 19.4 Å². The van der Waals surface area contributed by atoms with Crippen molar-refractivity contribution in [2.24, 2.45) is 5.92 Å². The Morgan fingerprint density at radius 2 is 2.12 bits per heavy atom. The Balaban J connectivity index is 1.97. The molecular formula is C12H23NO4. The maximum atomic E-state index is 11.6. The highest BCUT2D eigenvalue weighted by atomic mass is 16.5. The lowest BCUT2D eigenvalue weighted by atomic mass is 10.0. The minimum absolute atomic E-state index is 0.121. The summed E-state index contributed by atoms with van der Waals surface area (Å²) in [4.78, 5) is 11.6. The summed E-state index contributed by atoms with van der Waals surface area (Å²) in [7, 11) is 1.64. The highest BCUT2D eigenvalue weighted by Gasteiger charge is 2.30. The summed E-state index contributed by atoms with van der Waals surface area (Å²) in [5.74, 6) is 0.243. The maximum Gasteiger partial charge on any atom is 0.323 e. The number of hydrogen-bond donors (Lipinski definition) is 1. The molecule has 1 aliphatic rings. The number of ether oxygens (including phenoxy) is 3. The van der Waals surface area contributed by atoms with Gasteiger partial charge in [-0.15, -0.1) is 0 Å². The first-order valence-corrected chi connectivity index (χ1v) is 6.22. The van der Waals surface area contributed by atoms with Crippen molar-refractivity contribution in [3.05, 3.63) is 0 Å². The van der Waals surface area contributed by atoms with E-state index in [9.17, 15) is 4.79 Å². The third-order valence-corrected chi connectivity index (χ3v) is 2.90. The van der Waals surface area contributed by atoms with Gasteiger partial charge in [0.15, 0.2) is 0 Å². The lowest BCUT2D eigenvalue weighted by molar-refractivity contribution is -0.147. The average Bonchev–Trinajstić information content (AvgIpc) is 2.74. The molecule has 0 aromatic carbocycles. The van der Waals surface area contributed by atoms with Crippen LogP contribution in [-0.2, 0) is 19.0 Å². The van der Waals surface area contributed by atoms with E-state index in [1.807, 2.05) is 0 Å².